The van der Waals surface area contributed by atoms with Crippen LogP contribution in [-0.2, 0) is 4.79 Å². The van der Waals surface area contributed by atoms with Crippen molar-refractivity contribution in [3.05, 3.63) is 63.7 Å². The zero-order chi connectivity index (χ0) is 17.7. The van der Waals surface area contributed by atoms with Gasteiger partial charge in [0.1, 0.15) is 0 Å². The van der Waals surface area contributed by atoms with Crippen molar-refractivity contribution < 1.29 is 14.5 Å². The second kappa shape index (κ2) is 7.59. The predicted octanol–water partition coefficient (Wildman–Crippen LogP) is 4.04. The molecule has 6 nitrogen and oxygen atoms in total. The van der Waals surface area contributed by atoms with E-state index in [1.54, 1.807) is 19.1 Å². The number of aryl methyl sites for hydroxylation is 1. The Hall–Kier alpha value is -2.89. The fourth-order valence-electron chi connectivity index (χ4n) is 2.33. The maximum atomic E-state index is 12.1. The number of benzene rings is 2. The summed E-state index contributed by atoms with van der Waals surface area (Å²) in [7, 11) is 0. The van der Waals surface area contributed by atoms with Crippen LogP contribution in [0.5, 0.6) is 5.75 Å². The van der Waals surface area contributed by atoms with Crippen molar-refractivity contribution in [2.45, 2.75) is 26.7 Å². The summed E-state index contributed by atoms with van der Waals surface area (Å²) in [5.41, 5.74) is 2.41. The molecule has 2 aromatic carbocycles. The molecule has 0 saturated heterocycles. The molecule has 0 fully saturated rings. The molecular weight excluding hydrogens is 308 g/mol. The second-order valence-corrected chi connectivity index (χ2v) is 5.81. The van der Waals surface area contributed by atoms with Gasteiger partial charge in [-0.1, -0.05) is 38.1 Å². The molecule has 0 heterocycles. The third kappa shape index (κ3) is 4.32. The standard InChI is InChI=1S/C18H20N2O4/c1-12(2)14-6-4-5-7-15(14)19-18(21)11-24-17-10-13(3)8-9-16(17)20(22)23/h4-10,12H,11H2,1-3H3,(H,19,21). The number of carbonyl (C=O) groups is 1. The molecule has 0 saturated carbocycles. The lowest BCUT2D eigenvalue weighted by Gasteiger charge is -2.14. The average Bonchev–Trinajstić information content (AvgIpc) is 2.53. The second-order valence-electron chi connectivity index (χ2n) is 5.81. The summed E-state index contributed by atoms with van der Waals surface area (Å²) in [6.45, 7) is 5.58. The molecule has 24 heavy (non-hydrogen) atoms. The quantitative estimate of drug-likeness (QED) is 0.641. The molecule has 1 N–H and O–H groups in total. The van der Waals surface area contributed by atoms with Crippen LogP contribution in [0.25, 0.3) is 0 Å². The Morgan fingerprint density at radius 2 is 1.96 bits per heavy atom. The number of para-hydroxylation sites is 1. The Bertz CT molecular complexity index is 756. The van der Waals surface area contributed by atoms with Crippen molar-refractivity contribution in [2.24, 2.45) is 0 Å². The number of nitrogens with one attached hydrogen (secondary N) is 1. The Morgan fingerprint density at radius 1 is 1.25 bits per heavy atom. The molecule has 0 bridgehead atoms. The van der Waals surface area contributed by atoms with Crippen LogP contribution < -0.4 is 10.1 Å². The number of nitrogens with zero attached hydrogens (tertiary/aromatic N) is 1. The number of anilines is 1. The van der Waals surface area contributed by atoms with Gasteiger partial charge in [0.25, 0.3) is 5.91 Å². The SMILES string of the molecule is Cc1ccc([N+](=O)[O-])c(OCC(=O)Nc2ccccc2C(C)C)c1. The van der Waals surface area contributed by atoms with Crippen molar-refractivity contribution in [1.82, 2.24) is 0 Å². The van der Waals surface area contributed by atoms with Crippen molar-refractivity contribution in [1.29, 1.82) is 0 Å². The summed E-state index contributed by atoms with van der Waals surface area (Å²) in [6, 6.07) is 12.1. The first-order valence-electron chi connectivity index (χ1n) is 7.65. The fourth-order valence-corrected chi connectivity index (χ4v) is 2.33. The van der Waals surface area contributed by atoms with E-state index >= 15 is 0 Å². The molecule has 0 unspecified atom stereocenters. The van der Waals surface area contributed by atoms with E-state index in [0.29, 0.717) is 0 Å². The molecule has 0 aliphatic heterocycles. The fraction of sp³-hybridized carbons (Fsp3) is 0.278. The minimum Gasteiger partial charge on any atom is -0.477 e. The van der Waals surface area contributed by atoms with Crippen molar-refractivity contribution in [3.8, 4) is 5.75 Å². The van der Waals surface area contributed by atoms with Gasteiger partial charge in [0.05, 0.1) is 4.92 Å². The lowest BCUT2D eigenvalue weighted by Crippen LogP contribution is -2.21. The number of nitro benzene ring substituents is 1. The van der Waals surface area contributed by atoms with E-state index in [1.165, 1.54) is 6.07 Å². The number of amides is 1. The van der Waals surface area contributed by atoms with Gasteiger partial charge < -0.3 is 10.1 Å². The first-order chi connectivity index (χ1) is 11.4. The Labute approximate surface area is 140 Å². The summed E-state index contributed by atoms with van der Waals surface area (Å²) in [4.78, 5) is 22.6. The monoisotopic (exact) mass is 328 g/mol. The molecule has 1 amide bonds. The summed E-state index contributed by atoms with van der Waals surface area (Å²) < 4.78 is 5.36. The third-order valence-electron chi connectivity index (χ3n) is 3.53. The highest BCUT2D eigenvalue weighted by atomic mass is 16.6. The molecule has 2 aromatic rings. The molecule has 2 rings (SSSR count). The zero-order valence-electron chi connectivity index (χ0n) is 13.9. The normalized spacial score (nSPS) is 10.5. The lowest BCUT2D eigenvalue weighted by atomic mass is 10.0. The topological polar surface area (TPSA) is 81.5 Å². The molecule has 0 atom stereocenters. The van der Waals surface area contributed by atoms with Crippen LogP contribution in [0.4, 0.5) is 11.4 Å². The number of carbonyl (C=O) groups excluding carboxylic acids is 1. The highest BCUT2D eigenvalue weighted by Crippen LogP contribution is 2.28. The Kier molecular flexibility index (Phi) is 5.52. The van der Waals surface area contributed by atoms with Crippen LogP contribution in [0, 0.1) is 17.0 Å². The molecule has 0 aliphatic carbocycles. The largest absolute Gasteiger partial charge is 0.477 e. The third-order valence-corrected chi connectivity index (χ3v) is 3.53. The maximum Gasteiger partial charge on any atom is 0.310 e. The van der Waals surface area contributed by atoms with Gasteiger partial charge in [-0.25, -0.2) is 0 Å². The van der Waals surface area contributed by atoms with Gasteiger partial charge in [-0.2, -0.15) is 0 Å². The number of hydrogen-bond donors (Lipinski definition) is 1. The Balaban J connectivity index is 2.07. The van der Waals surface area contributed by atoms with Crippen molar-refractivity contribution in [2.75, 3.05) is 11.9 Å². The molecule has 0 aromatic heterocycles. The van der Waals surface area contributed by atoms with Gasteiger partial charge in [-0.05, 0) is 36.1 Å². The summed E-state index contributed by atoms with van der Waals surface area (Å²) >= 11 is 0. The van der Waals surface area contributed by atoms with Crippen LogP contribution in [0.3, 0.4) is 0 Å². The Morgan fingerprint density at radius 3 is 2.62 bits per heavy atom. The molecular formula is C18H20N2O4. The first kappa shape index (κ1) is 17.5. The van der Waals surface area contributed by atoms with E-state index in [-0.39, 0.29) is 29.9 Å². The summed E-state index contributed by atoms with van der Waals surface area (Å²) in [5, 5.41) is 13.8. The minimum absolute atomic E-state index is 0.0901. The lowest BCUT2D eigenvalue weighted by molar-refractivity contribution is -0.385. The van der Waals surface area contributed by atoms with Gasteiger partial charge in [0, 0.05) is 11.8 Å². The minimum atomic E-state index is -0.527. The number of rotatable bonds is 6. The molecule has 0 aliphatic rings. The zero-order valence-corrected chi connectivity index (χ0v) is 13.9. The summed E-state index contributed by atoms with van der Waals surface area (Å²) in [5.74, 6) is -0.00789. The molecule has 0 spiro atoms. The average molecular weight is 328 g/mol. The van der Waals surface area contributed by atoms with Gasteiger partial charge in [-0.3, -0.25) is 14.9 Å². The van der Waals surface area contributed by atoms with Gasteiger partial charge in [0.2, 0.25) is 0 Å². The van der Waals surface area contributed by atoms with Gasteiger partial charge in [-0.15, -0.1) is 0 Å². The number of nitro groups is 1. The highest BCUT2D eigenvalue weighted by Gasteiger charge is 2.16. The van der Waals surface area contributed by atoms with Gasteiger partial charge in [0.15, 0.2) is 12.4 Å². The van der Waals surface area contributed by atoms with E-state index in [4.69, 9.17) is 4.74 Å². The van der Waals surface area contributed by atoms with Crippen LogP contribution in [0.1, 0.15) is 30.9 Å². The van der Waals surface area contributed by atoms with Crippen molar-refractivity contribution in [3.63, 3.8) is 0 Å². The smallest absolute Gasteiger partial charge is 0.310 e. The molecule has 0 radical (unpaired) electrons. The van der Waals surface area contributed by atoms with Crippen molar-refractivity contribution >= 4 is 17.3 Å². The maximum absolute atomic E-state index is 12.1. The highest BCUT2D eigenvalue weighted by molar-refractivity contribution is 5.92. The van der Waals surface area contributed by atoms with E-state index in [0.717, 1.165) is 16.8 Å². The number of hydrogen-bond acceptors (Lipinski definition) is 4. The van der Waals surface area contributed by atoms with Crippen LogP contribution in [0.2, 0.25) is 0 Å². The van der Waals surface area contributed by atoms with Crippen LogP contribution in [0.15, 0.2) is 42.5 Å². The van der Waals surface area contributed by atoms with Crippen LogP contribution >= 0.6 is 0 Å². The summed E-state index contributed by atoms with van der Waals surface area (Å²) in [6.07, 6.45) is 0. The molecule has 6 heteroatoms. The van der Waals surface area contributed by atoms with Crippen LogP contribution in [-0.4, -0.2) is 17.4 Å². The molecule has 126 valence electrons. The predicted molar refractivity (Wildman–Crippen MR) is 92.5 cm³/mol. The van der Waals surface area contributed by atoms with Gasteiger partial charge >= 0.3 is 5.69 Å². The number of ether oxygens (including phenoxy) is 1. The van der Waals surface area contributed by atoms with E-state index < -0.39 is 4.92 Å². The van der Waals surface area contributed by atoms with E-state index in [1.807, 2.05) is 38.1 Å². The van der Waals surface area contributed by atoms with E-state index in [2.05, 4.69) is 5.32 Å². The first-order valence-corrected chi connectivity index (χ1v) is 7.65. The van der Waals surface area contributed by atoms with E-state index in [9.17, 15) is 14.9 Å².